The molecule has 2 aromatic carbocycles. The Morgan fingerprint density at radius 1 is 1.02 bits per heavy atom. The zero-order valence-corrected chi connectivity index (χ0v) is 28.0. The van der Waals surface area contributed by atoms with Gasteiger partial charge in [-0.25, -0.2) is 4.79 Å². The largest absolute Gasteiger partial charge is 0.462 e. The van der Waals surface area contributed by atoms with Crippen molar-refractivity contribution in [1.29, 1.82) is 5.26 Å². The lowest BCUT2D eigenvalue weighted by Gasteiger charge is -2.42. The van der Waals surface area contributed by atoms with Crippen LogP contribution < -0.4 is 14.5 Å². The maximum Gasteiger partial charge on any atom is 0.410 e. The lowest BCUT2D eigenvalue weighted by molar-refractivity contribution is 0.0144. The molecular weight excluding hydrogens is 578 g/mol. The number of fused-ring (bicyclic) bond motifs is 2. The molecule has 2 fully saturated rings. The van der Waals surface area contributed by atoms with Crippen molar-refractivity contribution >= 4 is 28.4 Å². The van der Waals surface area contributed by atoms with Crippen LogP contribution in [0.25, 0.3) is 10.8 Å². The average molecular weight is 626 g/mol. The highest BCUT2D eigenvalue weighted by molar-refractivity contribution is 5.96. The number of rotatable bonds is 6. The standard InChI is InChI=1S/C36H47N7O3/c1-25-10-6-11-26-12-7-15-31(32(25)26)41-19-9-14-29-30(23-41)38-34(45-24-28-13-8-18-40(28)5)39-33(29)42-20-21-43(27(22-42)16-17-37)35(44)46-36(2,3)4/h6-7,10-12,15,27-28H,8-9,13-14,16,18-24H2,1-5H3/t27?,28-/m0/s1. The molecule has 0 radical (unpaired) electrons. The normalized spacial score (nSPS) is 20.7. The van der Waals surface area contributed by atoms with Gasteiger partial charge >= 0.3 is 12.1 Å². The van der Waals surface area contributed by atoms with Crippen LogP contribution in [0, 0.1) is 18.3 Å². The molecule has 0 bridgehead atoms. The molecule has 2 atom stereocenters. The second-order valence-electron chi connectivity index (χ2n) is 14.0. The molecular formula is C36H47N7O3. The molecule has 0 spiro atoms. The fourth-order valence-corrected chi connectivity index (χ4v) is 7.14. The number of piperazine rings is 1. The smallest absolute Gasteiger partial charge is 0.410 e. The summed E-state index contributed by atoms with van der Waals surface area (Å²) in [5.41, 5.74) is 3.99. The fourth-order valence-electron chi connectivity index (χ4n) is 7.14. The van der Waals surface area contributed by atoms with E-state index in [9.17, 15) is 10.1 Å². The summed E-state index contributed by atoms with van der Waals surface area (Å²) in [6.07, 6.45) is 3.91. The molecule has 3 aliphatic heterocycles. The molecule has 2 saturated heterocycles. The summed E-state index contributed by atoms with van der Waals surface area (Å²) >= 11 is 0. The Morgan fingerprint density at radius 3 is 2.57 bits per heavy atom. The van der Waals surface area contributed by atoms with Crippen LogP contribution in [0.1, 0.15) is 63.3 Å². The quantitative estimate of drug-likeness (QED) is 0.342. The minimum atomic E-state index is -0.608. The number of carbonyl (C=O) groups is 1. The second-order valence-corrected chi connectivity index (χ2v) is 14.0. The molecule has 1 aromatic heterocycles. The van der Waals surface area contributed by atoms with Crippen LogP contribution in [0.5, 0.6) is 6.01 Å². The van der Waals surface area contributed by atoms with E-state index in [1.807, 2.05) is 20.8 Å². The predicted molar refractivity (Wildman–Crippen MR) is 180 cm³/mol. The van der Waals surface area contributed by atoms with Crippen molar-refractivity contribution < 1.29 is 14.3 Å². The fraction of sp³-hybridized carbons (Fsp3) is 0.556. The van der Waals surface area contributed by atoms with Crippen LogP contribution in [0.4, 0.5) is 16.3 Å². The molecule has 0 saturated carbocycles. The maximum absolute atomic E-state index is 13.1. The van der Waals surface area contributed by atoms with E-state index in [1.165, 1.54) is 28.4 Å². The summed E-state index contributed by atoms with van der Waals surface area (Å²) in [6.45, 7) is 12.5. The lowest BCUT2D eigenvalue weighted by Crippen LogP contribution is -2.56. The van der Waals surface area contributed by atoms with Gasteiger partial charge in [0.05, 0.1) is 30.8 Å². The maximum atomic E-state index is 13.1. The number of aryl methyl sites for hydroxylation is 1. The van der Waals surface area contributed by atoms with E-state index in [2.05, 4.69) is 71.1 Å². The summed E-state index contributed by atoms with van der Waals surface area (Å²) in [5, 5.41) is 12.2. The molecule has 4 heterocycles. The van der Waals surface area contributed by atoms with E-state index in [-0.39, 0.29) is 18.6 Å². The molecule has 6 rings (SSSR count). The molecule has 1 unspecified atom stereocenters. The minimum Gasteiger partial charge on any atom is -0.462 e. The zero-order valence-electron chi connectivity index (χ0n) is 28.0. The van der Waals surface area contributed by atoms with Gasteiger partial charge in [-0.15, -0.1) is 0 Å². The SMILES string of the molecule is Cc1cccc2cccc(N3CCCc4c(nc(OC[C@@H]5CCCN5C)nc4N4CCN(C(=O)OC(C)(C)C)C(CC#N)C4)C3)c12. The van der Waals surface area contributed by atoms with Crippen LogP contribution in [-0.4, -0.2) is 89.9 Å². The molecule has 46 heavy (non-hydrogen) atoms. The van der Waals surface area contributed by atoms with Crippen LogP contribution in [0.2, 0.25) is 0 Å². The number of benzene rings is 2. The highest BCUT2D eigenvalue weighted by atomic mass is 16.6. The Morgan fingerprint density at radius 2 is 1.83 bits per heavy atom. The first-order chi connectivity index (χ1) is 22.1. The Labute approximate surface area is 272 Å². The number of hydrogen-bond acceptors (Lipinski definition) is 9. The molecule has 3 aliphatic rings. The number of carbonyl (C=O) groups excluding carboxylic acids is 1. The molecule has 10 heteroatoms. The number of anilines is 2. The topological polar surface area (TPSA) is 98.1 Å². The van der Waals surface area contributed by atoms with Crippen molar-refractivity contribution in [3.05, 3.63) is 53.2 Å². The van der Waals surface area contributed by atoms with Crippen molar-refractivity contribution in [1.82, 2.24) is 19.8 Å². The van der Waals surface area contributed by atoms with Gasteiger partial charge in [0.25, 0.3) is 0 Å². The lowest BCUT2D eigenvalue weighted by atomic mass is 10.0. The molecule has 1 amide bonds. The summed E-state index contributed by atoms with van der Waals surface area (Å²) < 4.78 is 12.1. The average Bonchev–Trinajstić information content (AvgIpc) is 3.30. The van der Waals surface area contributed by atoms with E-state index in [1.54, 1.807) is 4.90 Å². The van der Waals surface area contributed by atoms with Gasteiger partial charge in [-0.2, -0.15) is 15.2 Å². The first-order valence-corrected chi connectivity index (χ1v) is 16.7. The third-order valence-corrected chi connectivity index (χ3v) is 9.49. The summed E-state index contributed by atoms with van der Waals surface area (Å²) in [7, 11) is 2.15. The van der Waals surface area contributed by atoms with Crippen LogP contribution in [0.15, 0.2) is 36.4 Å². The number of nitriles is 1. The molecule has 0 N–H and O–H groups in total. The number of nitrogens with zero attached hydrogens (tertiary/aromatic N) is 7. The Hall–Kier alpha value is -4.10. The van der Waals surface area contributed by atoms with Gasteiger partial charge in [-0.05, 0) is 84.0 Å². The van der Waals surface area contributed by atoms with Gasteiger partial charge in [0.2, 0.25) is 0 Å². The number of ether oxygens (including phenoxy) is 2. The van der Waals surface area contributed by atoms with Crippen molar-refractivity contribution in [2.24, 2.45) is 0 Å². The van der Waals surface area contributed by atoms with Gasteiger partial charge in [-0.3, -0.25) is 0 Å². The van der Waals surface area contributed by atoms with Gasteiger partial charge in [0.15, 0.2) is 0 Å². The van der Waals surface area contributed by atoms with E-state index >= 15 is 0 Å². The first-order valence-electron chi connectivity index (χ1n) is 16.7. The van der Waals surface area contributed by atoms with Crippen molar-refractivity contribution in [2.75, 3.05) is 56.2 Å². The van der Waals surface area contributed by atoms with E-state index in [4.69, 9.17) is 19.4 Å². The van der Waals surface area contributed by atoms with Gasteiger partial charge in [0.1, 0.15) is 18.0 Å². The van der Waals surface area contributed by atoms with E-state index < -0.39 is 5.60 Å². The zero-order chi connectivity index (χ0) is 32.4. The monoisotopic (exact) mass is 625 g/mol. The van der Waals surface area contributed by atoms with E-state index in [0.29, 0.717) is 44.8 Å². The third kappa shape index (κ3) is 6.85. The van der Waals surface area contributed by atoms with Crippen molar-refractivity contribution in [3.8, 4) is 12.1 Å². The summed E-state index contributed by atoms with van der Waals surface area (Å²) in [4.78, 5) is 32.0. The van der Waals surface area contributed by atoms with Gasteiger partial charge in [-0.1, -0.05) is 30.3 Å². The number of aromatic nitrogens is 2. The van der Waals surface area contributed by atoms with Crippen molar-refractivity contribution in [2.45, 2.75) is 84.0 Å². The number of likely N-dealkylation sites (tertiary alicyclic amines) is 1. The number of likely N-dealkylation sites (N-methyl/N-ethyl adjacent to an activating group) is 1. The predicted octanol–water partition coefficient (Wildman–Crippen LogP) is 5.70. The van der Waals surface area contributed by atoms with Crippen molar-refractivity contribution in [3.63, 3.8) is 0 Å². The number of amides is 1. The van der Waals surface area contributed by atoms with Gasteiger partial charge in [0, 0.05) is 48.9 Å². The first kappa shape index (κ1) is 31.9. The van der Waals surface area contributed by atoms with Crippen LogP contribution >= 0.6 is 0 Å². The van der Waals surface area contributed by atoms with Crippen LogP contribution in [-0.2, 0) is 17.7 Å². The molecule has 10 nitrogen and oxygen atoms in total. The minimum absolute atomic E-state index is 0.217. The Kier molecular flexibility index (Phi) is 9.23. The van der Waals surface area contributed by atoms with E-state index in [0.717, 1.165) is 49.4 Å². The molecule has 3 aromatic rings. The summed E-state index contributed by atoms with van der Waals surface area (Å²) in [5.74, 6) is 0.863. The highest BCUT2D eigenvalue weighted by Crippen LogP contribution is 2.35. The molecule has 244 valence electrons. The number of hydrogen-bond donors (Lipinski definition) is 0. The Balaban J connectivity index is 1.34. The molecule has 0 aliphatic carbocycles. The Bertz CT molecular complexity index is 1610. The highest BCUT2D eigenvalue weighted by Gasteiger charge is 2.36. The van der Waals surface area contributed by atoms with Crippen LogP contribution in [0.3, 0.4) is 0 Å². The van der Waals surface area contributed by atoms with Gasteiger partial charge < -0.3 is 29.1 Å². The second kappa shape index (κ2) is 13.3. The summed E-state index contributed by atoms with van der Waals surface area (Å²) in [6, 6.07) is 15.7. The third-order valence-electron chi connectivity index (χ3n) is 9.49.